The lowest BCUT2D eigenvalue weighted by Crippen LogP contribution is -2.31. The van der Waals surface area contributed by atoms with Gasteiger partial charge in [0, 0.05) is 13.0 Å². The molecule has 1 aliphatic rings. The Morgan fingerprint density at radius 1 is 1.27 bits per heavy atom. The van der Waals surface area contributed by atoms with Crippen molar-refractivity contribution in [1.29, 1.82) is 0 Å². The van der Waals surface area contributed by atoms with Gasteiger partial charge in [-0.3, -0.25) is 4.79 Å². The quantitative estimate of drug-likeness (QED) is 0.820. The maximum atomic E-state index is 11.8. The maximum absolute atomic E-state index is 11.8. The summed E-state index contributed by atoms with van der Waals surface area (Å²) < 4.78 is 5.61. The van der Waals surface area contributed by atoms with E-state index < -0.39 is 0 Å². The molecule has 0 saturated heterocycles. The van der Waals surface area contributed by atoms with Gasteiger partial charge >= 0.3 is 0 Å². The van der Waals surface area contributed by atoms with Gasteiger partial charge in [-0.1, -0.05) is 42.2 Å². The van der Waals surface area contributed by atoms with Gasteiger partial charge in [0.1, 0.15) is 12.7 Å². The lowest BCUT2D eigenvalue weighted by Gasteiger charge is -2.13. The highest BCUT2D eigenvalue weighted by atomic mass is 16.5. The number of hydrogen-bond donors (Lipinski definition) is 1. The van der Waals surface area contributed by atoms with Crippen LogP contribution in [0.3, 0.4) is 0 Å². The number of hydrogen-bond acceptors (Lipinski definition) is 2. The summed E-state index contributed by atoms with van der Waals surface area (Å²) in [6.07, 6.45) is 6.16. The second-order valence-electron chi connectivity index (χ2n) is 5.81. The first-order valence-corrected chi connectivity index (χ1v) is 8.16. The van der Waals surface area contributed by atoms with E-state index in [1.54, 1.807) is 0 Å². The van der Waals surface area contributed by atoms with E-state index in [1.807, 2.05) is 0 Å². The molecule has 1 aromatic carbocycles. The number of benzene rings is 1. The summed E-state index contributed by atoms with van der Waals surface area (Å²) in [4.78, 5) is 11.8. The molecule has 0 fully saturated rings. The molecule has 2 rings (SSSR count). The lowest BCUT2D eigenvalue weighted by molar-refractivity contribution is -0.126. The molecule has 0 aromatic heterocycles. The van der Waals surface area contributed by atoms with Crippen LogP contribution in [0.5, 0.6) is 0 Å². The van der Waals surface area contributed by atoms with Gasteiger partial charge in [0.05, 0.1) is 0 Å². The van der Waals surface area contributed by atoms with Crippen LogP contribution in [-0.2, 0) is 16.0 Å². The Labute approximate surface area is 133 Å². The summed E-state index contributed by atoms with van der Waals surface area (Å²) in [5, 5.41) is 2.90. The highest BCUT2D eigenvalue weighted by molar-refractivity contribution is 5.77. The number of amides is 1. The van der Waals surface area contributed by atoms with Gasteiger partial charge in [-0.2, -0.15) is 0 Å². The summed E-state index contributed by atoms with van der Waals surface area (Å²) in [5.74, 6) is 6.18. The van der Waals surface area contributed by atoms with Gasteiger partial charge in [-0.15, -0.1) is 5.92 Å². The lowest BCUT2D eigenvalue weighted by atomic mass is 10.1. The van der Waals surface area contributed by atoms with Gasteiger partial charge in [0.2, 0.25) is 5.91 Å². The molecule has 0 saturated carbocycles. The smallest absolute Gasteiger partial charge is 0.246 e. The normalized spacial score (nSPS) is 17.8. The van der Waals surface area contributed by atoms with E-state index in [2.05, 4.69) is 48.3 Å². The van der Waals surface area contributed by atoms with Crippen molar-refractivity contribution >= 4 is 5.91 Å². The van der Waals surface area contributed by atoms with Crippen LogP contribution in [0.1, 0.15) is 43.2 Å². The number of nitrogens with one attached hydrogen (secondary N) is 1. The number of carbonyl (C=O) groups is 1. The molecular weight excluding hydrogens is 274 g/mol. The highest BCUT2D eigenvalue weighted by Crippen LogP contribution is 2.10. The third-order valence-corrected chi connectivity index (χ3v) is 3.80. The van der Waals surface area contributed by atoms with E-state index in [9.17, 15) is 4.79 Å². The molecule has 118 valence electrons. The molecule has 1 atom stereocenters. The van der Waals surface area contributed by atoms with Crippen molar-refractivity contribution < 1.29 is 9.53 Å². The first-order chi connectivity index (χ1) is 10.7. The molecule has 1 aliphatic carbocycles. The van der Waals surface area contributed by atoms with Crippen LogP contribution in [0.2, 0.25) is 0 Å². The molecule has 3 nitrogen and oxygen atoms in total. The number of ether oxygens (including phenoxy) is 1. The van der Waals surface area contributed by atoms with Crippen molar-refractivity contribution in [3.05, 3.63) is 35.4 Å². The van der Waals surface area contributed by atoms with Crippen LogP contribution in [-0.4, -0.2) is 25.2 Å². The zero-order valence-corrected chi connectivity index (χ0v) is 13.4. The minimum Gasteiger partial charge on any atom is -0.356 e. The van der Waals surface area contributed by atoms with Crippen molar-refractivity contribution in [2.45, 2.75) is 51.6 Å². The Balaban J connectivity index is 1.64. The van der Waals surface area contributed by atoms with E-state index in [1.165, 1.54) is 24.0 Å². The molecule has 0 radical (unpaired) electrons. The molecule has 0 spiro atoms. The predicted molar refractivity (Wildman–Crippen MR) is 88.5 cm³/mol. The van der Waals surface area contributed by atoms with E-state index in [0.29, 0.717) is 6.54 Å². The fourth-order valence-electron chi connectivity index (χ4n) is 2.43. The van der Waals surface area contributed by atoms with Crippen molar-refractivity contribution in [3.63, 3.8) is 0 Å². The van der Waals surface area contributed by atoms with E-state index in [4.69, 9.17) is 4.74 Å². The highest BCUT2D eigenvalue weighted by Gasteiger charge is 2.10. The molecule has 3 heteroatoms. The van der Waals surface area contributed by atoms with Gasteiger partial charge in [-0.05, 0) is 38.2 Å². The van der Waals surface area contributed by atoms with Crippen molar-refractivity contribution in [2.75, 3.05) is 13.2 Å². The van der Waals surface area contributed by atoms with E-state index in [-0.39, 0.29) is 18.6 Å². The van der Waals surface area contributed by atoms with Crippen LogP contribution in [0.4, 0.5) is 0 Å². The minimum atomic E-state index is -0.0804. The second-order valence-corrected chi connectivity index (χ2v) is 5.81. The fraction of sp³-hybridized carbons (Fsp3) is 0.526. The fourth-order valence-corrected chi connectivity index (χ4v) is 2.43. The third-order valence-electron chi connectivity index (χ3n) is 3.80. The summed E-state index contributed by atoms with van der Waals surface area (Å²) in [5.41, 5.74) is 2.49. The first kappa shape index (κ1) is 16.6. The van der Waals surface area contributed by atoms with Crippen LogP contribution in [0.15, 0.2) is 24.3 Å². The zero-order valence-electron chi connectivity index (χ0n) is 13.4. The first-order valence-electron chi connectivity index (χ1n) is 8.16. The number of rotatable bonds is 6. The standard InChI is InChI=1S/C19H25NO2/c1-16-9-11-17(12-10-16)13-14-20-19(21)15-22-18-7-5-3-2-4-6-8-18/h9-12,18H,2-5,7,13-15H2,1H3,(H,20,21). The predicted octanol–water partition coefficient (Wildman–Crippen LogP) is 3.01. The summed E-state index contributed by atoms with van der Waals surface area (Å²) in [7, 11) is 0. The van der Waals surface area contributed by atoms with Crippen LogP contribution < -0.4 is 5.32 Å². The zero-order chi connectivity index (χ0) is 15.6. The minimum absolute atomic E-state index is 0.0593. The SMILES string of the molecule is Cc1ccc(CCNC(=O)COC2C#CCCCCC2)cc1. The molecule has 1 N–H and O–H groups in total. The Morgan fingerprint density at radius 2 is 2.09 bits per heavy atom. The molecule has 0 aliphatic heterocycles. The molecular formula is C19H25NO2. The molecule has 1 unspecified atom stereocenters. The molecule has 1 aromatic rings. The topological polar surface area (TPSA) is 38.3 Å². The second kappa shape index (κ2) is 9.27. The molecule has 1 amide bonds. The van der Waals surface area contributed by atoms with Gasteiger partial charge < -0.3 is 10.1 Å². The molecule has 0 bridgehead atoms. The average Bonchev–Trinajstić information content (AvgIpc) is 2.48. The maximum Gasteiger partial charge on any atom is 0.246 e. The van der Waals surface area contributed by atoms with Crippen LogP contribution >= 0.6 is 0 Å². The van der Waals surface area contributed by atoms with Crippen molar-refractivity contribution in [3.8, 4) is 11.8 Å². The van der Waals surface area contributed by atoms with Crippen molar-refractivity contribution in [1.82, 2.24) is 5.32 Å². The third kappa shape index (κ3) is 6.32. The van der Waals surface area contributed by atoms with Gasteiger partial charge in [-0.25, -0.2) is 0 Å². The summed E-state index contributed by atoms with van der Waals surface area (Å²) >= 11 is 0. The van der Waals surface area contributed by atoms with Crippen LogP contribution in [0, 0.1) is 18.8 Å². The van der Waals surface area contributed by atoms with Crippen molar-refractivity contribution in [2.24, 2.45) is 0 Å². The largest absolute Gasteiger partial charge is 0.356 e. The number of carbonyl (C=O) groups excluding carboxylic acids is 1. The Kier molecular flexibility index (Phi) is 6.99. The molecule has 22 heavy (non-hydrogen) atoms. The van der Waals surface area contributed by atoms with E-state index in [0.717, 1.165) is 25.7 Å². The Bertz CT molecular complexity index is 525. The summed E-state index contributed by atoms with van der Waals surface area (Å²) in [6.45, 7) is 2.82. The average molecular weight is 299 g/mol. The summed E-state index contributed by atoms with van der Waals surface area (Å²) in [6, 6.07) is 8.38. The van der Waals surface area contributed by atoms with Crippen LogP contribution in [0.25, 0.3) is 0 Å². The number of aryl methyl sites for hydroxylation is 1. The molecule has 0 heterocycles. The van der Waals surface area contributed by atoms with Gasteiger partial charge in [0.15, 0.2) is 0 Å². The monoisotopic (exact) mass is 299 g/mol. The van der Waals surface area contributed by atoms with Gasteiger partial charge in [0.25, 0.3) is 0 Å². The Hall–Kier alpha value is -1.79. The van der Waals surface area contributed by atoms with E-state index >= 15 is 0 Å². The Morgan fingerprint density at radius 3 is 2.91 bits per heavy atom.